The van der Waals surface area contributed by atoms with Crippen LogP contribution in [0.25, 0.3) is 0 Å². The standard InChI is InChI=1S/C16H25ClN2O/c1-15(2)8-11(9-16(3,4)19-15)18-10-12-13(17)6-5-7-14(12)20/h5-7,11,18-20H,8-10H2,1-4H3. The fraction of sp³-hybridized carbons (Fsp3) is 0.625. The van der Waals surface area contributed by atoms with Crippen LogP contribution in [-0.4, -0.2) is 22.2 Å². The summed E-state index contributed by atoms with van der Waals surface area (Å²) in [5.41, 5.74) is 1.01. The molecule has 1 aromatic carbocycles. The number of nitrogens with one attached hydrogen (secondary N) is 2. The Kier molecular flexibility index (Phi) is 4.33. The van der Waals surface area contributed by atoms with E-state index in [1.165, 1.54) is 0 Å². The second-order valence-corrected chi connectivity index (χ2v) is 7.52. The molecule has 0 saturated carbocycles. The summed E-state index contributed by atoms with van der Waals surface area (Å²) in [6.07, 6.45) is 2.11. The molecule has 0 aliphatic carbocycles. The summed E-state index contributed by atoms with van der Waals surface area (Å²) in [5, 5.41) is 17.7. The Morgan fingerprint density at radius 1 is 1.25 bits per heavy atom. The van der Waals surface area contributed by atoms with E-state index in [-0.39, 0.29) is 16.8 Å². The molecule has 1 aliphatic heterocycles. The van der Waals surface area contributed by atoms with Crippen LogP contribution in [0.5, 0.6) is 5.75 Å². The Morgan fingerprint density at radius 2 is 1.85 bits per heavy atom. The molecule has 1 saturated heterocycles. The Bertz CT molecular complexity index is 449. The number of piperidine rings is 1. The van der Waals surface area contributed by atoms with E-state index in [4.69, 9.17) is 11.6 Å². The van der Waals surface area contributed by atoms with Crippen LogP contribution >= 0.6 is 11.6 Å². The summed E-state index contributed by atoms with van der Waals surface area (Å²) in [4.78, 5) is 0. The normalized spacial score (nSPS) is 21.9. The van der Waals surface area contributed by atoms with Crippen molar-refractivity contribution in [1.82, 2.24) is 10.6 Å². The van der Waals surface area contributed by atoms with Crippen molar-refractivity contribution in [3.05, 3.63) is 28.8 Å². The van der Waals surface area contributed by atoms with Gasteiger partial charge in [0.15, 0.2) is 0 Å². The van der Waals surface area contributed by atoms with Crippen LogP contribution < -0.4 is 10.6 Å². The van der Waals surface area contributed by atoms with E-state index in [1.54, 1.807) is 12.1 Å². The number of aromatic hydroxyl groups is 1. The Balaban J connectivity index is 2.04. The molecule has 3 N–H and O–H groups in total. The highest BCUT2D eigenvalue weighted by atomic mass is 35.5. The quantitative estimate of drug-likeness (QED) is 0.800. The lowest BCUT2D eigenvalue weighted by atomic mass is 9.79. The minimum Gasteiger partial charge on any atom is -0.508 e. The highest BCUT2D eigenvalue weighted by Crippen LogP contribution is 2.30. The minimum atomic E-state index is 0.113. The Morgan fingerprint density at radius 3 is 2.40 bits per heavy atom. The molecule has 112 valence electrons. The zero-order valence-electron chi connectivity index (χ0n) is 12.8. The van der Waals surface area contributed by atoms with Gasteiger partial charge in [0.2, 0.25) is 0 Å². The summed E-state index contributed by atoms with van der Waals surface area (Å²) in [7, 11) is 0. The van der Waals surface area contributed by atoms with Gasteiger partial charge in [0, 0.05) is 34.3 Å². The third-order valence-corrected chi connectivity index (χ3v) is 4.21. The fourth-order valence-electron chi connectivity index (χ4n) is 3.44. The fourth-order valence-corrected chi connectivity index (χ4v) is 3.67. The average molecular weight is 297 g/mol. The van der Waals surface area contributed by atoms with Gasteiger partial charge in [-0.3, -0.25) is 0 Å². The van der Waals surface area contributed by atoms with Crippen LogP contribution in [0, 0.1) is 0 Å². The minimum absolute atomic E-state index is 0.113. The summed E-state index contributed by atoms with van der Waals surface area (Å²) < 4.78 is 0. The number of halogens is 1. The van der Waals surface area contributed by atoms with Crippen LogP contribution in [0.3, 0.4) is 0 Å². The van der Waals surface area contributed by atoms with Crippen molar-refractivity contribution in [3.8, 4) is 5.75 Å². The van der Waals surface area contributed by atoms with Gasteiger partial charge in [0.1, 0.15) is 5.75 Å². The van der Waals surface area contributed by atoms with Crippen molar-refractivity contribution < 1.29 is 5.11 Å². The van der Waals surface area contributed by atoms with Gasteiger partial charge < -0.3 is 15.7 Å². The third kappa shape index (κ3) is 3.87. The van der Waals surface area contributed by atoms with Crippen LogP contribution in [0.1, 0.15) is 46.1 Å². The lowest BCUT2D eigenvalue weighted by Gasteiger charge is -2.46. The molecule has 3 nitrogen and oxygen atoms in total. The van der Waals surface area contributed by atoms with E-state index in [0.29, 0.717) is 17.6 Å². The van der Waals surface area contributed by atoms with Gasteiger partial charge in [0.05, 0.1) is 0 Å². The first-order valence-corrected chi connectivity index (χ1v) is 7.55. The molecule has 0 radical (unpaired) electrons. The molecule has 1 fully saturated rings. The number of benzene rings is 1. The number of phenolic OH excluding ortho intramolecular Hbond substituents is 1. The first kappa shape index (κ1) is 15.6. The molecule has 0 amide bonds. The molecule has 0 bridgehead atoms. The van der Waals surface area contributed by atoms with E-state index in [2.05, 4.69) is 38.3 Å². The van der Waals surface area contributed by atoms with Crippen LogP contribution in [0.15, 0.2) is 18.2 Å². The molecular formula is C16H25ClN2O. The van der Waals surface area contributed by atoms with E-state index < -0.39 is 0 Å². The predicted octanol–water partition coefficient (Wildman–Crippen LogP) is 3.44. The summed E-state index contributed by atoms with van der Waals surface area (Å²) in [5.74, 6) is 0.262. The number of hydrogen-bond acceptors (Lipinski definition) is 3. The Labute approximate surface area is 126 Å². The second kappa shape index (κ2) is 5.55. The molecule has 0 unspecified atom stereocenters. The van der Waals surface area contributed by atoms with Crippen molar-refractivity contribution >= 4 is 11.6 Å². The highest BCUT2D eigenvalue weighted by Gasteiger charge is 2.37. The molecule has 0 atom stereocenters. The SMILES string of the molecule is CC1(C)CC(NCc2c(O)cccc2Cl)CC(C)(C)N1. The number of hydrogen-bond donors (Lipinski definition) is 3. The molecule has 4 heteroatoms. The molecule has 1 aromatic rings. The third-order valence-electron chi connectivity index (χ3n) is 3.85. The number of rotatable bonds is 3. The first-order chi connectivity index (χ1) is 9.19. The van der Waals surface area contributed by atoms with Gasteiger partial charge in [-0.1, -0.05) is 17.7 Å². The first-order valence-electron chi connectivity index (χ1n) is 7.18. The maximum Gasteiger partial charge on any atom is 0.121 e. The van der Waals surface area contributed by atoms with Gasteiger partial charge >= 0.3 is 0 Å². The average Bonchev–Trinajstić information content (AvgIpc) is 2.23. The lowest BCUT2D eigenvalue weighted by molar-refractivity contribution is 0.145. The van der Waals surface area contributed by atoms with Gasteiger partial charge in [-0.25, -0.2) is 0 Å². The summed E-state index contributed by atoms with van der Waals surface area (Å²) in [6.45, 7) is 9.53. The van der Waals surface area contributed by atoms with E-state index in [0.717, 1.165) is 18.4 Å². The predicted molar refractivity (Wildman–Crippen MR) is 84.3 cm³/mol. The van der Waals surface area contributed by atoms with Crippen molar-refractivity contribution in [2.24, 2.45) is 0 Å². The molecular weight excluding hydrogens is 272 g/mol. The van der Waals surface area contributed by atoms with Gasteiger partial charge in [-0.15, -0.1) is 0 Å². The zero-order valence-corrected chi connectivity index (χ0v) is 13.5. The second-order valence-electron chi connectivity index (χ2n) is 7.12. The molecule has 0 aromatic heterocycles. The van der Waals surface area contributed by atoms with Crippen LogP contribution in [-0.2, 0) is 6.54 Å². The largest absolute Gasteiger partial charge is 0.508 e. The Hall–Kier alpha value is -0.770. The number of phenols is 1. The van der Waals surface area contributed by atoms with Crippen LogP contribution in [0.4, 0.5) is 0 Å². The molecule has 1 heterocycles. The van der Waals surface area contributed by atoms with Crippen molar-refractivity contribution in [1.29, 1.82) is 0 Å². The van der Waals surface area contributed by atoms with Crippen molar-refractivity contribution in [2.45, 2.75) is 64.2 Å². The molecule has 1 aliphatic rings. The summed E-state index contributed by atoms with van der Waals surface area (Å²) >= 11 is 6.15. The zero-order chi connectivity index (χ0) is 15.0. The van der Waals surface area contributed by atoms with Crippen molar-refractivity contribution in [2.75, 3.05) is 0 Å². The lowest BCUT2D eigenvalue weighted by Crippen LogP contribution is -2.61. The maximum absolute atomic E-state index is 9.89. The topological polar surface area (TPSA) is 44.3 Å². The van der Waals surface area contributed by atoms with Gasteiger partial charge in [-0.05, 0) is 52.7 Å². The van der Waals surface area contributed by atoms with Gasteiger partial charge in [0.25, 0.3) is 0 Å². The van der Waals surface area contributed by atoms with Gasteiger partial charge in [-0.2, -0.15) is 0 Å². The smallest absolute Gasteiger partial charge is 0.121 e. The summed E-state index contributed by atoms with van der Waals surface area (Å²) in [6, 6.07) is 5.67. The van der Waals surface area contributed by atoms with Crippen LogP contribution in [0.2, 0.25) is 5.02 Å². The van der Waals surface area contributed by atoms with E-state index >= 15 is 0 Å². The molecule has 2 rings (SSSR count). The maximum atomic E-state index is 9.89. The molecule has 20 heavy (non-hydrogen) atoms. The monoisotopic (exact) mass is 296 g/mol. The highest BCUT2D eigenvalue weighted by molar-refractivity contribution is 6.31. The van der Waals surface area contributed by atoms with E-state index in [9.17, 15) is 5.11 Å². The van der Waals surface area contributed by atoms with Crippen molar-refractivity contribution in [3.63, 3.8) is 0 Å². The van der Waals surface area contributed by atoms with E-state index in [1.807, 2.05) is 6.07 Å². The molecule has 0 spiro atoms.